The fraction of sp³-hybridized carbons (Fsp3) is 0.304. The van der Waals surface area contributed by atoms with Crippen molar-refractivity contribution < 1.29 is 8.42 Å². The predicted molar refractivity (Wildman–Crippen MR) is 120 cm³/mol. The van der Waals surface area contributed by atoms with E-state index in [9.17, 15) is 8.42 Å². The van der Waals surface area contributed by atoms with Crippen LogP contribution in [-0.2, 0) is 16.4 Å². The molecule has 0 aliphatic carbocycles. The van der Waals surface area contributed by atoms with Crippen LogP contribution < -0.4 is 9.62 Å². The number of fused-ring (bicyclic) bond motifs is 1. The molecule has 0 saturated heterocycles. The molecule has 29 heavy (non-hydrogen) atoms. The Bertz CT molecular complexity index is 1100. The van der Waals surface area contributed by atoms with Gasteiger partial charge in [0.2, 0.25) is 10.0 Å². The molecule has 0 fully saturated rings. The number of para-hydroxylation sites is 1. The quantitative estimate of drug-likeness (QED) is 0.618. The van der Waals surface area contributed by atoms with Gasteiger partial charge in [-0.2, -0.15) is 0 Å². The van der Waals surface area contributed by atoms with Crippen LogP contribution in [0.25, 0.3) is 0 Å². The smallest absolute Gasteiger partial charge is 0.241 e. The SMILES string of the molecule is Cc1cc(C)c(S(=O)(=O)NC[C@@H](c2cccs2)N2CCc3ccccc32)c(C)c1. The molecule has 0 amide bonds. The summed E-state index contributed by atoms with van der Waals surface area (Å²) in [6.45, 7) is 6.95. The number of benzene rings is 2. The summed E-state index contributed by atoms with van der Waals surface area (Å²) in [6.07, 6.45) is 0.987. The number of rotatable bonds is 6. The second-order valence-corrected chi connectivity index (χ2v) is 10.4. The molecule has 152 valence electrons. The first kappa shape index (κ1) is 20.1. The van der Waals surface area contributed by atoms with Crippen molar-refractivity contribution in [3.8, 4) is 0 Å². The van der Waals surface area contributed by atoms with Crippen LogP contribution in [0.15, 0.2) is 58.8 Å². The third-order valence-electron chi connectivity index (χ3n) is 5.51. The van der Waals surface area contributed by atoms with Gasteiger partial charge in [0.25, 0.3) is 0 Å². The lowest BCUT2D eigenvalue weighted by Gasteiger charge is -2.30. The van der Waals surface area contributed by atoms with Gasteiger partial charge < -0.3 is 4.90 Å². The molecule has 0 unspecified atom stereocenters. The molecule has 2 heterocycles. The number of nitrogens with zero attached hydrogens (tertiary/aromatic N) is 1. The van der Waals surface area contributed by atoms with Crippen LogP contribution in [0.1, 0.15) is 33.2 Å². The zero-order valence-electron chi connectivity index (χ0n) is 17.0. The molecule has 0 spiro atoms. The molecule has 1 aliphatic heterocycles. The molecule has 3 aromatic rings. The molecule has 1 N–H and O–H groups in total. The molecule has 0 radical (unpaired) electrons. The van der Waals surface area contributed by atoms with Crippen LogP contribution in [0.5, 0.6) is 0 Å². The second kappa shape index (κ2) is 7.94. The van der Waals surface area contributed by atoms with E-state index in [-0.39, 0.29) is 6.04 Å². The Morgan fingerprint density at radius 3 is 2.48 bits per heavy atom. The third-order valence-corrected chi connectivity index (χ3v) is 8.21. The summed E-state index contributed by atoms with van der Waals surface area (Å²) in [4.78, 5) is 3.90. The molecule has 2 aromatic carbocycles. The zero-order valence-corrected chi connectivity index (χ0v) is 18.6. The van der Waals surface area contributed by atoms with Crippen molar-refractivity contribution in [2.45, 2.75) is 38.1 Å². The normalized spacial score (nSPS) is 14.8. The van der Waals surface area contributed by atoms with Crippen LogP contribution in [0.4, 0.5) is 5.69 Å². The van der Waals surface area contributed by atoms with Gasteiger partial charge in [-0.3, -0.25) is 0 Å². The Labute approximate surface area is 177 Å². The summed E-state index contributed by atoms with van der Waals surface area (Å²) < 4.78 is 29.3. The number of thiophene rings is 1. The topological polar surface area (TPSA) is 49.4 Å². The van der Waals surface area contributed by atoms with Gasteiger partial charge in [0.15, 0.2) is 0 Å². The maximum atomic E-state index is 13.2. The molecular formula is C23H26N2O2S2. The molecule has 4 rings (SSSR count). The van der Waals surface area contributed by atoms with Gasteiger partial charge in [0.1, 0.15) is 0 Å². The van der Waals surface area contributed by atoms with Crippen molar-refractivity contribution in [2.24, 2.45) is 0 Å². The summed E-state index contributed by atoms with van der Waals surface area (Å²) >= 11 is 1.67. The first-order valence-corrected chi connectivity index (χ1v) is 12.2. The van der Waals surface area contributed by atoms with E-state index < -0.39 is 10.0 Å². The Balaban J connectivity index is 1.64. The van der Waals surface area contributed by atoms with Crippen molar-refractivity contribution in [1.29, 1.82) is 0 Å². The maximum absolute atomic E-state index is 13.2. The van der Waals surface area contributed by atoms with Gasteiger partial charge >= 0.3 is 0 Å². The standard InChI is InChI=1S/C23H26N2O2S2/c1-16-13-17(2)23(18(3)14-16)29(26,27)24-15-21(22-9-6-12-28-22)25-11-10-19-7-4-5-8-20(19)25/h4-9,12-14,21,24H,10-11,15H2,1-3H3/t21-/m0/s1. The van der Waals surface area contributed by atoms with Crippen molar-refractivity contribution in [3.63, 3.8) is 0 Å². The van der Waals surface area contributed by atoms with E-state index in [0.717, 1.165) is 29.7 Å². The van der Waals surface area contributed by atoms with E-state index in [2.05, 4.69) is 33.9 Å². The van der Waals surface area contributed by atoms with Gasteiger partial charge in [-0.05, 0) is 61.4 Å². The molecule has 0 saturated carbocycles. The Kier molecular flexibility index (Phi) is 5.51. The van der Waals surface area contributed by atoms with Crippen LogP contribution in [-0.4, -0.2) is 21.5 Å². The van der Waals surface area contributed by atoms with E-state index >= 15 is 0 Å². The Hall–Kier alpha value is -2.15. The third kappa shape index (κ3) is 3.97. The highest BCUT2D eigenvalue weighted by molar-refractivity contribution is 7.89. The van der Waals surface area contributed by atoms with Gasteiger partial charge in [-0.25, -0.2) is 13.1 Å². The molecule has 1 aromatic heterocycles. The van der Waals surface area contributed by atoms with Gasteiger partial charge in [0, 0.05) is 23.7 Å². The van der Waals surface area contributed by atoms with E-state index in [1.807, 2.05) is 50.4 Å². The van der Waals surface area contributed by atoms with Crippen LogP contribution in [0.2, 0.25) is 0 Å². The number of nitrogens with one attached hydrogen (secondary N) is 1. The van der Waals surface area contributed by atoms with Crippen molar-refractivity contribution >= 4 is 27.0 Å². The number of aryl methyl sites for hydroxylation is 3. The van der Waals surface area contributed by atoms with E-state index in [1.54, 1.807) is 11.3 Å². The highest BCUT2D eigenvalue weighted by Gasteiger charge is 2.29. The van der Waals surface area contributed by atoms with E-state index in [1.165, 1.54) is 16.1 Å². The summed E-state index contributed by atoms with van der Waals surface area (Å²) in [6, 6.07) is 16.3. The minimum Gasteiger partial charge on any atom is -0.362 e. The molecule has 4 nitrogen and oxygen atoms in total. The van der Waals surface area contributed by atoms with Crippen LogP contribution >= 0.6 is 11.3 Å². The highest BCUT2D eigenvalue weighted by atomic mass is 32.2. The molecule has 1 atom stereocenters. The number of hydrogen-bond donors (Lipinski definition) is 1. The minimum atomic E-state index is -3.60. The van der Waals surface area contributed by atoms with Gasteiger partial charge in [0.05, 0.1) is 10.9 Å². The van der Waals surface area contributed by atoms with Crippen molar-refractivity contribution in [1.82, 2.24) is 4.72 Å². The minimum absolute atomic E-state index is 0.0283. The van der Waals surface area contributed by atoms with Crippen LogP contribution in [0.3, 0.4) is 0 Å². The van der Waals surface area contributed by atoms with Gasteiger partial charge in [-0.15, -0.1) is 11.3 Å². The lowest BCUT2D eigenvalue weighted by Crippen LogP contribution is -2.37. The van der Waals surface area contributed by atoms with Gasteiger partial charge in [-0.1, -0.05) is 42.0 Å². The number of sulfonamides is 1. The lowest BCUT2D eigenvalue weighted by atomic mass is 10.1. The monoisotopic (exact) mass is 426 g/mol. The van der Waals surface area contributed by atoms with Crippen LogP contribution in [0, 0.1) is 20.8 Å². The Morgan fingerprint density at radius 2 is 1.79 bits per heavy atom. The summed E-state index contributed by atoms with van der Waals surface area (Å²) in [5.41, 5.74) is 5.17. The summed E-state index contributed by atoms with van der Waals surface area (Å²) in [5, 5.41) is 2.05. The summed E-state index contributed by atoms with van der Waals surface area (Å²) in [5.74, 6) is 0. The zero-order chi connectivity index (χ0) is 20.6. The highest BCUT2D eigenvalue weighted by Crippen LogP contribution is 2.36. The predicted octanol–water partition coefficient (Wildman–Crippen LogP) is 4.76. The average molecular weight is 427 g/mol. The first-order valence-electron chi connectivity index (χ1n) is 9.82. The fourth-order valence-electron chi connectivity index (χ4n) is 4.38. The van der Waals surface area contributed by atoms with E-state index in [0.29, 0.717) is 11.4 Å². The fourth-order valence-corrected chi connectivity index (χ4v) is 6.71. The molecule has 6 heteroatoms. The first-order chi connectivity index (χ1) is 13.9. The number of hydrogen-bond acceptors (Lipinski definition) is 4. The molecular weight excluding hydrogens is 400 g/mol. The average Bonchev–Trinajstić information content (AvgIpc) is 3.31. The Morgan fingerprint density at radius 1 is 1.07 bits per heavy atom. The lowest BCUT2D eigenvalue weighted by molar-refractivity contribution is 0.564. The summed E-state index contributed by atoms with van der Waals surface area (Å²) in [7, 11) is -3.60. The largest absolute Gasteiger partial charge is 0.362 e. The molecule has 1 aliphatic rings. The maximum Gasteiger partial charge on any atom is 0.241 e. The van der Waals surface area contributed by atoms with Crippen molar-refractivity contribution in [3.05, 3.63) is 81.0 Å². The van der Waals surface area contributed by atoms with E-state index in [4.69, 9.17) is 0 Å². The van der Waals surface area contributed by atoms with Crippen molar-refractivity contribution in [2.75, 3.05) is 18.0 Å². The second-order valence-electron chi connectivity index (χ2n) is 7.68. The number of anilines is 1. The molecule has 0 bridgehead atoms.